The van der Waals surface area contributed by atoms with Gasteiger partial charge in [0.2, 0.25) is 0 Å². The minimum Gasteiger partial charge on any atom is -0.374 e. The summed E-state index contributed by atoms with van der Waals surface area (Å²) in [6.45, 7) is 2.06. The Morgan fingerprint density at radius 3 is 1.30 bits per heavy atom. The first-order valence-electron chi connectivity index (χ1n) is 13.7. The van der Waals surface area contributed by atoms with E-state index in [9.17, 15) is 0 Å². The summed E-state index contributed by atoms with van der Waals surface area (Å²) in [5.74, 6) is 0. The molecule has 4 aromatic rings. The summed E-state index contributed by atoms with van der Waals surface area (Å²) < 4.78 is 32.2. The maximum absolute atomic E-state index is 6.60. The van der Waals surface area contributed by atoms with Crippen molar-refractivity contribution in [3.05, 3.63) is 144 Å². The normalized spacial score (nSPS) is 22.7. The Balaban J connectivity index is 1.36. The predicted octanol–water partition coefficient (Wildman–Crippen LogP) is 6.61. The third-order valence-corrected chi connectivity index (χ3v) is 7.27. The minimum absolute atomic E-state index is 0.335. The summed E-state index contributed by atoms with van der Waals surface area (Å²) in [4.78, 5) is 0. The molecular weight excluding hydrogens is 520 g/mol. The van der Waals surface area contributed by atoms with Gasteiger partial charge in [0, 0.05) is 0 Å². The van der Waals surface area contributed by atoms with Crippen molar-refractivity contribution in [2.75, 3.05) is 6.61 Å². The highest BCUT2D eigenvalue weighted by Crippen LogP contribution is 2.32. The Hall–Kier alpha value is -2.97. The van der Waals surface area contributed by atoms with Gasteiger partial charge in [0.15, 0.2) is 0 Å². The number of hydrogen-bond donors (Lipinski definition) is 1. The molecule has 0 aromatic heterocycles. The van der Waals surface area contributed by atoms with Gasteiger partial charge in [-0.15, -0.1) is 12.6 Å². The highest BCUT2D eigenvalue weighted by molar-refractivity contribution is 7.80. The van der Waals surface area contributed by atoms with Crippen molar-refractivity contribution in [3.8, 4) is 0 Å². The highest BCUT2D eigenvalue weighted by atomic mass is 32.1. The molecule has 208 valence electrons. The van der Waals surface area contributed by atoms with Crippen molar-refractivity contribution >= 4 is 12.6 Å². The smallest absolute Gasteiger partial charge is 0.129 e. The Morgan fingerprint density at radius 2 is 0.850 bits per heavy atom. The summed E-state index contributed by atoms with van der Waals surface area (Å²) in [5, 5.41) is 0. The van der Waals surface area contributed by atoms with Crippen molar-refractivity contribution in [2.45, 2.75) is 56.3 Å². The number of hydrogen-bond acceptors (Lipinski definition) is 6. The van der Waals surface area contributed by atoms with Gasteiger partial charge in [-0.1, -0.05) is 121 Å². The van der Waals surface area contributed by atoms with Gasteiger partial charge in [-0.05, 0) is 22.3 Å². The molecule has 5 nitrogen and oxygen atoms in total. The zero-order valence-corrected chi connectivity index (χ0v) is 23.4. The monoisotopic (exact) mass is 556 g/mol. The van der Waals surface area contributed by atoms with E-state index in [2.05, 4.69) is 24.3 Å². The van der Waals surface area contributed by atoms with Crippen LogP contribution in [0.1, 0.15) is 22.3 Å². The van der Waals surface area contributed by atoms with Crippen LogP contribution in [-0.4, -0.2) is 36.5 Å². The molecule has 1 heterocycles. The van der Waals surface area contributed by atoms with E-state index in [0.29, 0.717) is 33.0 Å². The second-order valence-electron chi connectivity index (χ2n) is 9.85. The number of thiol groups is 1. The maximum Gasteiger partial charge on any atom is 0.129 e. The van der Waals surface area contributed by atoms with Gasteiger partial charge in [0.1, 0.15) is 29.9 Å². The van der Waals surface area contributed by atoms with E-state index in [4.69, 9.17) is 36.3 Å². The van der Waals surface area contributed by atoms with Crippen LogP contribution >= 0.6 is 12.6 Å². The second-order valence-corrected chi connectivity index (χ2v) is 10.4. The van der Waals surface area contributed by atoms with E-state index >= 15 is 0 Å². The quantitative estimate of drug-likeness (QED) is 0.188. The largest absolute Gasteiger partial charge is 0.374 e. The first-order valence-corrected chi connectivity index (χ1v) is 14.2. The van der Waals surface area contributed by atoms with Crippen LogP contribution in [0.3, 0.4) is 0 Å². The van der Waals surface area contributed by atoms with Crippen LogP contribution in [0.25, 0.3) is 0 Å². The van der Waals surface area contributed by atoms with Crippen LogP contribution in [0.15, 0.2) is 121 Å². The molecule has 0 spiro atoms. The third kappa shape index (κ3) is 8.27. The average molecular weight is 557 g/mol. The molecule has 4 aromatic carbocycles. The van der Waals surface area contributed by atoms with E-state index in [1.54, 1.807) is 0 Å². The van der Waals surface area contributed by atoms with Gasteiger partial charge in [-0.25, -0.2) is 0 Å². The molecule has 0 aliphatic carbocycles. The topological polar surface area (TPSA) is 46.2 Å². The molecule has 0 radical (unpaired) electrons. The van der Waals surface area contributed by atoms with Crippen LogP contribution in [-0.2, 0) is 50.1 Å². The van der Waals surface area contributed by atoms with Crippen molar-refractivity contribution in [2.24, 2.45) is 0 Å². The lowest BCUT2D eigenvalue weighted by Crippen LogP contribution is -2.59. The van der Waals surface area contributed by atoms with E-state index in [1.807, 2.05) is 97.1 Å². The summed E-state index contributed by atoms with van der Waals surface area (Å²) >= 11 is 4.83. The fourth-order valence-electron chi connectivity index (χ4n) is 4.77. The summed E-state index contributed by atoms with van der Waals surface area (Å²) in [6.07, 6.45) is -1.73. The zero-order chi connectivity index (χ0) is 27.4. The molecule has 1 fully saturated rings. The summed E-state index contributed by atoms with van der Waals surface area (Å²) in [6, 6.07) is 40.4. The maximum atomic E-state index is 6.60. The van der Waals surface area contributed by atoms with Gasteiger partial charge in [0.25, 0.3) is 0 Å². The van der Waals surface area contributed by atoms with Gasteiger partial charge >= 0.3 is 0 Å². The molecule has 40 heavy (non-hydrogen) atoms. The molecule has 6 heteroatoms. The van der Waals surface area contributed by atoms with Crippen LogP contribution < -0.4 is 0 Å². The Labute approximate surface area is 242 Å². The molecule has 1 unspecified atom stereocenters. The fraction of sp³-hybridized carbons (Fsp3) is 0.294. The van der Waals surface area contributed by atoms with Gasteiger partial charge in [-0.2, -0.15) is 0 Å². The van der Waals surface area contributed by atoms with Crippen LogP contribution in [0, 0.1) is 0 Å². The molecule has 0 N–H and O–H groups in total. The van der Waals surface area contributed by atoms with Crippen LogP contribution in [0.4, 0.5) is 0 Å². The second kappa shape index (κ2) is 15.1. The van der Waals surface area contributed by atoms with Crippen molar-refractivity contribution < 1.29 is 23.7 Å². The standard InChI is InChI=1S/C34H36O5S/c40-34-33(38-24-29-19-11-4-12-20-29)32(37-23-28-17-9-3-10-18-28)31(36-22-27-15-7-2-8-16-27)30(39-34)25-35-21-26-13-5-1-6-14-26/h1-20,30-34,40H,21-25H2/t30-,31-,32+,33-,34?/m1/s1. The molecule has 1 aliphatic heterocycles. The Kier molecular flexibility index (Phi) is 10.8. The summed E-state index contributed by atoms with van der Waals surface area (Å²) in [7, 11) is 0. The van der Waals surface area contributed by atoms with E-state index < -0.39 is 29.9 Å². The van der Waals surface area contributed by atoms with Gasteiger partial charge in [-0.3, -0.25) is 0 Å². The molecule has 5 rings (SSSR count). The van der Waals surface area contributed by atoms with Gasteiger partial charge in [0.05, 0.1) is 33.0 Å². The molecule has 5 atom stereocenters. The highest BCUT2D eigenvalue weighted by Gasteiger charge is 2.47. The number of ether oxygens (including phenoxy) is 5. The lowest BCUT2D eigenvalue weighted by Gasteiger charge is -2.45. The lowest BCUT2D eigenvalue weighted by molar-refractivity contribution is -0.254. The Morgan fingerprint density at radius 1 is 0.475 bits per heavy atom. The zero-order valence-electron chi connectivity index (χ0n) is 22.5. The van der Waals surface area contributed by atoms with E-state index in [1.165, 1.54) is 0 Å². The minimum atomic E-state index is -0.522. The molecular formula is C34H36O5S. The number of benzene rings is 4. The lowest BCUT2D eigenvalue weighted by atomic mass is 9.98. The van der Waals surface area contributed by atoms with E-state index in [0.717, 1.165) is 22.3 Å². The number of rotatable bonds is 13. The average Bonchev–Trinajstić information content (AvgIpc) is 3.01. The Bertz CT molecular complexity index is 1240. The molecule has 0 saturated carbocycles. The molecule has 0 amide bonds. The third-order valence-electron chi connectivity index (χ3n) is 6.86. The summed E-state index contributed by atoms with van der Waals surface area (Å²) in [5.41, 5.74) is 3.79. The first-order chi connectivity index (χ1) is 19.8. The van der Waals surface area contributed by atoms with E-state index in [-0.39, 0.29) is 0 Å². The SMILES string of the molecule is SC1O[C@H](COCc2ccccc2)[C@@H](OCc2ccccc2)[C@H](OCc2ccccc2)[C@H]1OCc1ccccc1. The molecule has 0 bridgehead atoms. The molecule has 1 saturated heterocycles. The van der Waals surface area contributed by atoms with Crippen LogP contribution in [0.5, 0.6) is 0 Å². The van der Waals surface area contributed by atoms with Crippen molar-refractivity contribution in [3.63, 3.8) is 0 Å². The molecule has 1 aliphatic rings. The van der Waals surface area contributed by atoms with Crippen molar-refractivity contribution in [1.29, 1.82) is 0 Å². The van der Waals surface area contributed by atoms with Crippen molar-refractivity contribution in [1.82, 2.24) is 0 Å². The van der Waals surface area contributed by atoms with Gasteiger partial charge < -0.3 is 23.7 Å². The van der Waals surface area contributed by atoms with Crippen LogP contribution in [0.2, 0.25) is 0 Å². The first kappa shape index (κ1) is 28.6. The predicted molar refractivity (Wildman–Crippen MR) is 159 cm³/mol. The fourth-order valence-corrected chi connectivity index (χ4v) is 5.18.